The van der Waals surface area contributed by atoms with E-state index in [1.54, 1.807) is 0 Å². The molecule has 1 aromatic carbocycles. The Balaban J connectivity index is 2.73. The molecule has 0 aliphatic heterocycles. The molecule has 0 atom stereocenters. The van der Waals surface area contributed by atoms with E-state index in [1.807, 2.05) is 31.3 Å². The van der Waals surface area contributed by atoms with Crippen LogP contribution in [-0.4, -0.2) is 36.1 Å². The van der Waals surface area contributed by atoms with Crippen molar-refractivity contribution in [2.24, 2.45) is 11.1 Å². The highest BCUT2D eigenvalue weighted by Crippen LogP contribution is 2.17. The molecule has 0 amide bonds. The molecule has 3 N–H and O–H groups in total. The Morgan fingerprint density at radius 2 is 1.89 bits per heavy atom. The fourth-order valence-electron chi connectivity index (χ4n) is 2.19. The van der Waals surface area contributed by atoms with Gasteiger partial charge in [-0.05, 0) is 30.1 Å². The van der Waals surface area contributed by atoms with Crippen LogP contribution in [0.5, 0.6) is 0 Å². The Labute approximate surface area is 115 Å². The fourth-order valence-corrected chi connectivity index (χ4v) is 2.19. The summed E-state index contributed by atoms with van der Waals surface area (Å²) < 4.78 is 0. The number of nitrogens with zero attached hydrogens (tertiary/aromatic N) is 1. The highest BCUT2D eigenvalue weighted by Gasteiger charge is 2.18. The van der Waals surface area contributed by atoms with Gasteiger partial charge in [-0.15, -0.1) is 0 Å². The second kappa shape index (κ2) is 6.68. The predicted molar refractivity (Wildman–Crippen MR) is 77.0 cm³/mol. The maximum atomic E-state index is 10.9. The number of hydrogen-bond acceptors (Lipinski definition) is 3. The van der Waals surface area contributed by atoms with E-state index in [1.165, 1.54) is 0 Å². The Morgan fingerprint density at radius 3 is 2.42 bits per heavy atom. The molecule has 19 heavy (non-hydrogen) atoms. The van der Waals surface area contributed by atoms with E-state index < -0.39 is 5.97 Å². The molecule has 4 nitrogen and oxygen atoms in total. The lowest BCUT2D eigenvalue weighted by molar-refractivity contribution is -0.136. The standard InChI is InChI=1S/C15H24N2O2/c1-15(2,10-16)11-17(3)9-13-7-5-4-6-12(13)8-14(18)19/h4-7H,8-11,16H2,1-3H3,(H,18,19). The summed E-state index contributed by atoms with van der Waals surface area (Å²) in [4.78, 5) is 13.0. The summed E-state index contributed by atoms with van der Waals surface area (Å²) >= 11 is 0. The number of aliphatic carboxylic acids is 1. The van der Waals surface area contributed by atoms with Gasteiger partial charge in [0.1, 0.15) is 0 Å². The maximum absolute atomic E-state index is 10.9. The topological polar surface area (TPSA) is 66.6 Å². The minimum absolute atomic E-state index is 0.0660. The lowest BCUT2D eigenvalue weighted by Gasteiger charge is -2.29. The van der Waals surface area contributed by atoms with Gasteiger partial charge in [0.25, 0.3) is 0 Å². The molecule has 0 aromatic heterocycles. The van der Waals surface area contributed by atoms with Crippen LogP contribution in [0.2, 0.25) is 0 Å². The molecule has 1 aromatic rings. The first-order valence-electron chi connectivity index (χ1n) is 6.51. The molecular formula is C15H24N2O2. The number of hydrogen-bond donors (Lipinski definition) is 2. The lowest BCUT2D eigenvalue weighted by Crippen LogP contribution is -2.36. The van der Waals surface area contributed by atoms with Crippen LogP contribution >= 0.6 is 0 Å². The molecular weight excluding hydrogens is 240 g/mol. The molecule has 0 unspecified atom stereocenters. The van der Waals surface area contributed by atoms with Crippen LogP contribution in [0.15, 0.2) is 24.3 Å². The summed E-state index contributed by atoms with van der Waals surface area (Å²) in [6.45, 7) is 6.52. The summed E-state index contributed by atoms with van der Waals surface area (Å²) in [7, 11) is 2.04. The molecule has 0 heterocycles. The first kappa shape index (κ1) is 15.7. The van der Waals surface area contributed by atoms with Crippen LogP contribution in [0.1, 0.15) is 25.0 Å². The van der Waals surface area contributed by atoms with Gasteiger partial charge in [0.15, 0.2) is 0 Å². The van der Waals surface area contributed by atoms with Crippen molar-refractivity contribution in [3.8, 4) is 0 Å². The normalized spacial score (nSPS) is 11.8. The summed E-state index contributed by atoms with van der Waals surface area (Å²) in [5, 5.41) is 8.92. The minimum Gasteiger partial charge on any atom is -0.481 e. The van der Waals surface area contributed by atoms with Gasteiger partial charge in [-0.3, -0.25) is 4.79 Å². The monoisotopic (exact) mass is 264 g/mol. The van der Waals surface area contributed by atoms with Gasteiger partial charge in [-0.25, -0.2) is 0 Å². The fraction of sp³-hybridized carbons (Fsp3) is 0.533. The largest absolute Gasteiger partial charge is 0.481 e. The van der Waals surface area contributed by atoms with Crippen molar-refractivity contribution in [1.82, 2.24) is 4.90 Å². The summed E-state index contributed by atoms with van der Waals surface area (Å²) in [6.07, 6.45) is 0.0737. The second-order valence-electron chi connectivity index (χ2n) is 5.88. The molecule has 0 saturated heterocycles. The van der Waals surface area contributed by atoms with Crippen LogP contribution in [0.25, 0.3) is 0 Å². The van der Waals surface area contributed by atoms with Crippen LogP contribution in [0.3, 0.4) is 0 Å². The van der Waals surface area contributed by atoms with E-state index in [0.717, 1.165) is 24.2 Å². The average Bonchev–Trinajstić information content (AvgIpc) is 2.30. The molecule has 0 bridgehead atoms. The van der Waals surface area contributed by atoms with Crippen molar-refractivity contribution in [2.45, 2.75) is 26.8 Å². The molecule has 0 aliphatic carbocycles. The highest BCUT2D eigenvalue weighted by atomic mass is 16.4. The van der Waals surface area contributed by atoms with Crippen LogP contribution in [-0.2, 0) is 17.8 Å². The zero-order valence-electron chi connectivity index (χ0n) is 12.0. The van der Waals surface area contributed by atoms with E-state index in [-0.39, 0.29) is 11.8 Å². The van der Waals surface area contributed by atoms with Crippen molar-refractivity contribution >= 4 is 5.97 Å². The van der Waals surface area contributed by atoms with Crippen LogP contribution in [0.4, 0.5) is 0 Å². The van der Waals surface area contributed by atoms with Crippen molar-refractivity contribution in [2.75, 3.05) is 20.1 Å². The van der Waals surface area contributed by atoms with E-state index in [4.69, 9.17) is 10.8 Å². The molecule has 4 heteroatoms. The van der Waals surface area contributed by atoms with Gasteiger partial charge in [0, 0.05) is 13.1 Å². The average molecular weight is 264 g/mol. The van der Waals surface area contributed by atoms with Crippen LogP contribution < -0.4 is 5.73 Å². The number of nitrogens with two attached hydrogens (primary N) is 1. The van der Waals surface area contributed by atoms with Gasteiger partial charge in [0.2, 0.25) is 0 Å². The Morgan fingerprint density at radius 1 is 1.32 bits per heavy atom. The van der Waals surface area contributed by atoms with Gasteiger partial charge < -0.3 is 15.7 Å². The molecule has 106 valence electrons. The van der Waals surface area contributed by atoms with Crippen LogP contribution in [0, 0.1) is 5.41 Å². The second-order valence-corrected chi connectivity index (χ2v) is 5.88. The zero-order chi connectivity index (χ0) is 14.5. The Hall–Kier alpha value is -1.39. The third-order valence-corrected chi connectivity index (χ3v) is 3.15. The third-order valence-electron chi connectivity index (χ3n) is 3.15. The Kier molecular flexibility index (Phi) is 5.51. The van der Waals surface area contributed by atoms with Crippen molar-refractivity contribution in [1.29, 1.82) is 0 Å². The van der Waals surface area contributed by atoms with E-state index in [2.05, 4.69) is 18.7 Å². The third kappa shape index (κ3) is 5.41. The lowest BCUT2D eigenvalue weighted by atomic mass is 9.93. The highest BCUT2D eigenvalue weighted by molar-refractivity contribution is 5.70. The first-order valence-corrected chi connectivity index (χ1v) is 6.51. The van der Waals surface area contributed by atoms with Crippen molar-refractivity contribution in [3.63, 3.8) is 0 Å². The SMILES string of the molecule is CN(Cc1ccccc1CC(=O)O)CC(C)(C)CN. The molecule has 0 spiro atoms. The zero-order valence-corrected chi connectivity index (χ0v) is 12.0. The maximum Gasteiger partial charge on any atom is 0.307 e. The van der Waals surface area contributed by atoms with Crippen molar-refractivity contribution in [3.05, 3.63) is 35.4 Å². The van der Waals surface area contributed by atoms with Crippen molar-refractivity contribution < 1.29 is 9.90 Å². The number of carboxylic acid groups (broad SMARTS) is 1. The molecule has 0 fully saturated rings. The van der Waals surface area contributed by atoms with E-state index in [0.29, 0.717) is 6.54 Å². The van der Waals surface area contributed by atoms with Gasteiger partial charge in [0.05, 0.1) is 6.42 Å². The number of carbonyl (C=O) groups is 1. The van der Waals surface area contributed by atoms with Gasteiger partial charge in [-0.2, -0.15) is 0 Å². The predicted octanol–water partition coefficient (Wildman–Crippen LogP) is 1.73. The quantitative estimate of drug-likeness (QED) is 0.787. The molecule has 0 saturated carbocycles. The molecule has 0 aliphatic rings. The number of carboxylic acids is 1. The van der Waals surface area contributed by atoms with Gasteiger partial charge in [-0.1, -0.05) is 38.1 Å². The van der Waals surface area contributed by atoms with Gasteiger partial charge >= 0.3 is 5.97 Å². The molecule has 0 radical (unpaired) electrons. The number of benzene rings is 1. The van der Waals surface area contributed by atoms with E-state index in [9.17, 15) is 4.79 Å². The summed E-state index contributed by atoms with van der Waals surface area (Å²) in [5.41, 5.74) is 7.76. The summed E-state index contributed by atoms with van der Waals surface area (Å²) in [6, 6.07) is 7.70. The Bertz CT molecular complexity index is 430. The smallest absolute Gasteiger partial charge is 0.307 e. The molecule has 1 rings (SSSR count). The minimum atomic E-state index is -0.794. The van der Waals surface area contributed by atoms with E-state index >= 15 is 0 Å². The number of rotatable bonds is 7. The first-order chi connectivity index (χ1) is 8.84. The summed E-state index contributed by atoms with van der Waals surface area (Å²) in [5.74, 6) is -0.794.